The van der Waals surface area contributed by atoms with Crippen LogP contribution < -0.4 is 0 Å². The number of hydrogen-bond donors (Lipinski definition) is 0. The summed E-state index contributed by atoms with van der Waals surface area (Å²) in [5.74, 6) is -0.860. The monoisotopic (exact) mass is 228 g/mol. The van der Waals surface area contributed by atoms with Crippen LogP contribution in [0.25, 0.3) is 0 Å². The maximum Gasteiger partial charge on any atom is 0.302 e. The Kier molecular flexibility index (Phi) is 4.50. The van der Waals surface area contributed by atoms with Gasteiger partial charge in [0.1, 0.15) is 18.8 Å². The van der Waals surface area contributed by atoms with Crippen LogP contribution in [-0.4, -0.2) is 30.6 Å². The third-order valence-corrected chi connectivity index (χ3v) is 2.84. The fourth-order valence-electron chi connectivity index (χ4n) is 1.81. The van der Waals surface area contributed by atoms with Crippen molar-refractivity contribution in [2.45, 2.75) is 51.6 Å². The van der Waals surface area contributed by atoms with E-state index in [0.717, 1.165) is 12.8 Å². The molecule has 0 radical (unpaired) electrons. The molecule has 1 saturated heterocycles. The number of carbonyl (C=O) groups excluding carboxylic acids is 1. The Morgan fingerprint density at radius 1 is 1.44 bits per heavy atom. The Hall–Kier alpha value is -0.870. The first-order valence-electron chi connectivity index (χ1n) is 5.68. The zero-order chi connectivity index (χ0) is 12.2. The molecule has 0 amide bonds. The second kappa shape index (κ2) is 5.46. The van der Waals surface area contributed by atoms with Crippen LogP contribution in [0.2, 0.25) is 0 Å². The highest BCUT2D eigenvalue weighted by molar-refractivity contribution is 5.65. The summed E-state index contributed by atoms with van der Waals surface area (Å²) in [6, 6.07) is 0. The van der Waals surface area contributed by atoms with Gasteiger partial charge in [-0.15, -0.1) is 6.58 Å². The molecule has 0 aromatic rings. The molecule has 0 saturated carbocycles. The zero-order valence-corrected chi connectivity index (χ0v) is 10.2. The quantitative estimate of drug-likeness (QED) is 0.533. The first kappa shape index (κ1) is 13.2. The second-order valence-corrected chi connectivity index (χ2v) is 3.89. The standard InChI is InChI=1S/C12H20O4/c1-5-10-11(8-14-9(4)13)16-12(6-2,7-3)15-10/h5,10-11H,1,6-8H2,2-4H3. The van der Waals surface area contributed by atoms with Gasteiger partial charge < -0.3 is 14.2 Å². The van der Waals surface area contributed by atoms with E-state index >= 15 is 0 Å². The van der Waals surface area contributed by atoms with Gasteiger partial charge in [0.05, 0.1) is 0 Å². The summed E-state index contributed by atoms with van der Waals surface area (Å²) >= 11 is 0. The number of hydrogen-bond acceptors (Lipinski definition) is 4. The van der Waals surface area contributed by atoms with E-state index in [2.05, 4.69) is 6.58 Å². The van der Waals surface area contributed by atoms with Crippen molar-refractivity contribution < 1.29 is 19.0 Å². The van der Waals surface area contributed by atoms with Gasteiger partial charge in [0.2, 0.25) is 0 Å². The number of rotatable bonds is 5. The molecule has 0 bridgehead atoms. The molecule has 92 valence electrons. The first-order chi connectivity index (χ1) is 7.56. The van der Waals surface area contributed by atoms with E-state index in [1.165, 1.54) is 6.92 Å². The lowest BCUT2D eigenvalue weighted by Gasteiger charge is -2.24. The second-order valence-electron chi connectivity index (χ2n) is 3.89. The minimum atomic E-state index is -0.552. The molecule has 0 aromatic carbocycles. The molecule has 4 heteroatoms. The van der Waals surface area contributed by atoms with E-state index in [0.29, 0.717) is 0 Å². The van der Waals surface area contributed by atoms with Gasteiger partial charge in [0.15, 0.2) is 5.79 Å². The molecule has 0 aliphatic carbocycles. The topological polar surface area (TPSA) is 44.8 Å². The largest absolute Gasteiger partial charge is 0.463 e. The molecule has 4 nitrogen and oxygen atoms in total. The van der Waals surface area contributed by atoms with Gasteiger partial charge in [-0.25, -0.2) is 0 Å². The molecule has 0 N–H and O–H groups in total. The van der Waals surface area contributed by atoms with Crippen molar-refractivity contribution in [3.8, 4) is 0 Å². The zero-order valence-electron chi connectivity index (χ0n) is 10.2. The lowest BCUT2D eigenvalue weighted by Crippen LogP contribution is -2.30. The smallest absolute Gasteiger partial charge is 0.302 e. The molecule has 16 heavy (non-hydrogen) atoms. The summed E-state index contributed by atoms with van der Waals surface area (Å²) in [6.07, 6.45) is 2.77. The lowest BCUT2D eigenvalue weighted by molar-refractivity contribution is -0.181. The molecule has 1 fully saturated rings. The van der Waals surface area contributed by atoms with E-state index < -0.39 is 5.79 Å². The van der Waals surface area contributed by atoms with E-state index in [-0.39, 0.29) is 24.8 Å². The number of carbonyl (C=O) groups is 1. The molecule has 2 unspecified atom stereocenters. The fourth-order valence-corrected chi connectivity index (χ4v) is 1.81. The summed E-state index contributed by atoms with van der Waals surface area (Å²) < 4.78 is 16.6. The van der Waals surface area contributed by atoms with Gasteiger partial charge in [-0.2, -0.15) is 0 Å². The summed E-state index contributed by atoms with van der Waals surface area (Å²) in [4.78, 5) is 10.8. The average molecular weight is 228 g/mol. The van der Waals surface area contributed by atoms with Gasteiger partial charge >= 0.3 is 5.97 Å². The number of esters is 1. The highest BCUT2D eigenvalue weighted by Gasteiger charge is 2.44. The molecule has 0 aromatic heterocycles. The average Bonchev–Trinajstić information content (AvgIpc) is 2.65. The van der Waals surface area contributed by atoms with Crippen molar-refractivity contribution in [2.24, 2.45) is 0 Å². The number of ether oxygens (including phenoxy) is 3. The Morgan fingerprint density at radius 2 is 2.06 bits per heavy atom. The molecule has 0 spiro atoms. The van der Waals surface area contributed by atoms with Crippen molar-refractivity contribution in [1.29, 1.82) is 0 Å². The van der Waals surface area contributed by atoms with Crippen LogP contribution in [0.5, 0.6) is 0 Å². The molecular formula is C12H20O4. The molecule has 1 heterocycles. The molecule has 1 aliphatic heterocycles. The van der Waals surface area contributed by atoms with Crippen LogP contribution in [0, 0.1) is 0 Å². The highest BCUT2D eigenvalue weighted by atomic mass is 16.8. The summed E-state index contributed by atoms with van der Waals surface area (Å²) in [5.41, 5.74) is 0. The summed E-state index contributed by atoms with van der Waals surface area (Å²) in [6.45, 7) is 9.33. The fraction of sp³-hybridized carbons (Fsp3) is 0.750. The van der Waals surface area contributed by atoms with Crippen LogP contribution in [-0.2, 0) is 19.0 Å². The van der Waals surface area contributed by atoms with Gasteiger partial charge in [-0.05, 0) is 12.8 Å². The molecule has 1 aliphatic rings. The predicted octanol–water partition coefficient (Wildman–Crippen LogP) is 2.04. The normalized spacial score (nSPS) is 27.7. The Bertz CT molecular complexity index is 258. The van der Waals surface area contributed by atoms with E-state index in [1.807, 2.05) is 13.8 Å². The predicted molar refractivity (Wildman–Crippen MR) is 59.9 cm³/mol. The van der Waals surface area contributed by atoms with Crippen molar-refractivity contribution in [2.75, 3.05) is 6.61 Å². The van der Waals surface area contributed by atoms with E-state index in [4.69, 9.17) is 14.2 Å². The third kappa shape index (κ3) is 2.83. The summed E-state index contributed by atoms with van der Waals surface area (Å²) in [5, 5.41) is 0. The van der Waals surface area contributed by atoms with Gasteiger partial charge in [0.25, 0.3) is 0 Å². The Balaban J connectivity index is 2.63. The van der Waals surface area contributed by atoms with Gasteiger partial charge in [0, 0.05) is 6.92 Å². The summed E-state index contributed by atoms with van der Waals surface area (Å²) in [7, 11) is 0. The van der Waals surface area contributed by atoms with Crippen molar-refractivity contribution in [3.63, 3.8) is 0 Å². The van der Waals surface area contributed by atoms with Crippen molar-refractivity contribution >= 4 is 5.97 Å². The Labute approximate surface area is 96.6 Å². The molecule has 1 rings (SSSR count). The van der Waals surface area contributed by atoms with E-state index in [9.17, 15) is 4.79 Å². The van der Waals surface area contributed by atoms with Crippen LogP contribution in [0.3, 0.4) is 0 Å². The maximum atomic E-state index is 10.8. The van der Waals surface area contributed by atoms with Gasteiger partial charge in [-0.3, -0.25) is 4.79 Å². The van der Waals surface area contributed by atoms with E-state index in [1.54, 1.807) is 6.08 Å². The van der Waals surface area contributed by atoms with Crippen molar-refractivity contribution in [3.05, 3.63) is 12.7 Å². The first-order valence-corrected chi connectivity index (χ1v) is 5.68. The minimum absolute atomic E-state index is 0.209. The SMILES string of the molecule is C=CC1OC(CC)(CC)OC1COC(C)=O. The van der Waals surface area contributed by atoms with Crippen LogP contribution in [0.4, 0.5) is 0 Å². The maximum absolute atomic E-state index is 10.8. The lowest BCUT2D eigenvalue weighted by atomic mass is 10.1. The molecular weight excluding hydrogens is 208 g/mol. The van der Waals surface area contributed by atoms with Crippen LogP contribution in [0.1, 0.15) is 33.6 Å². The highest BCUT2D eigenvalue weighted by Crippen LogP contribution is 2.34. The molecule has 2 atom stereocenters. The van der Waals surface area contributed by atoms with Crippen LogP contribution in [0.15, 0.2) is 12.7 Å². The third-order valence-electron chi connectivity index (χ3n) is 2.84. The van der Waals surface area contributed by atoms with Crippen LogP contribution >= 0.6 is 0 Å². The van der Waals surface area contributed by atoms with Gasteiger partial charge in [-0.1, -0.05) is 19.9 Å². The minimum Gasteiger partial charge on any atom is -0.463 e. The van der Waals surface area contributed by atoms with Crippen molar-refractivity contribution in [1.82, 2.24) is 0 Å². The Morgan fingerprint density at radius 3 is 2.50 bits per heavy atom.